The van der Waals surface area contributed by atoms with E-state index in [-0.39, 0.29) is 5.57 Å². The van der Waals surface area contributed by atoms with Gasteiger partial charge in [-0.15, -0.1) is 0 Å². The first-order chi connectivity index (χ1) is 16.9. The van der Waals surface area contributed by atoms with Crippen molar-refractivity contribution >= 4 is 40.3 Å². The van der Waals surface area contributed by atoms with Gasteiger partial charge < -0.3 is 19.5 Å². The van der Waals surface area contributed by atoms with E-state index < -0.39 is 5.91 Å². The number of benzene rings is 3. The van der Waals surface area contributed by atoms with E-state index in [1.54, 1.807) is 37.4 Å². The zero-order chi connectivity index (χ0) is 25.2. The smallest absolute Gasteiger partial charge is 0.266 e. The highest BCUT2D eigenvalue weighted by atomic mass is 127. The number of rotatable bonds is 10. The third-order valence-corrected chi connectivity index (χ3v) is 5.82. The van der Waals surface area contributed by atoms with Crippen LogP contribution in [0, 0.1) is 21.8 Å². The Morgan fingerprint density at radius 2 is 1.80 bits per heavy atom. The van der Waals surface area contributed by atoms with Gasteiger partial charge in [0.25, 0.3) is 5.91 Å². The Kier molecular flexibility index (Phi) is 9.56. The summed E-state index contributed by atoms with van der Waals surface area (Å²) in [5, 5.41) is 12.3. The molecule has 1 amide bonds. The van der Waals surface area contributed by atoms with E-state index in [2.05, 4.69) is 27.9 Å². The lowest BCUT2D eigenvalue weighted by Gasteiger charge is -2.13. The van der Waals surface area contributed by atoms with Crippen LogP contribution in [-0.4, -0.2) is 19.6 Å². The maximum Gasteiger partial charge on any atom is 0.266 e. The number of anilines is 1. The molecule has 0 aliphatic heterocycles. The first-order valence-electron chi connectivity index (χ1n) is 11.2. The van der Waals surface area contributed by atoms with Crippen LogP contribution < -0.4 is 19.5 Å². The topological polar surface area (TPSA) is 80.6 Å². The fourth-order valence-corrected chi connectivity index (χ4v) is 3.95. The average molecular weight is 582 g/mol. The molecule has 35 heavy (non-hydrogen) atoms. The Labute approximate surface area is 219 Å². The van der Waals surface area contributed by atoms with Crippen molar-refractivity contribution in [2.24, 2.45) is 0 Å². The molecule has 1 N–H and O–H groups in total. The van der Waals surface area contributed by atoms with Gasteiger partial charge in [-0.2, -0.15) is 5.26 Å². The van der Waals surface area contributed by atoms with Crippen LogP contribution in [-0.2, 0) is 11.4 Å². The minimum absolute atomic E-state index is 0.0234. The van der Waals surface area contributed by atoms with Crippen LogP contribution in [0.25, 0.3) is 6.08 Å². The zero-order valence-electron chi connectivity index (χ0n) is 19.9. The van der Waals surface area contributed by atoms with Crippen LogP contribution >= 0.6 is 22.6 Å². The number of carbonyl (C=O) groups is 1. The highest BCUT2D eigenvalue weighted by molar-refractivity contribution is 14.1. The second-order valence-corrected chi connectivity index (χ2v) is 8.97. The summed E-state index contributed by atoms with van der Waals surface area (Å²) in [6.45, 7) is 5.10. The lowest BCUT2D eigenvalue weighted by Crippen LogP contribution is -2.13. The van der Waals surface area contributed by atoms with Gasteiger partial charge in [-0.3, -0.25) is 4.79 Å². The number of hydrogen-bond acceptors (Lipinski definition) is 5. The van der Waals surface area contributed by atoms with Crippen LogP contribution in [0.15, 0.2) is 66.2 Å². The number of nitrogens with one attached hydrogen (secondary N) is 1. The lowest BCUT2D eigenvalue weighted by atomic mass is 10.1. The van der Waals surface area contributed by atoms with Crippen molar-refractivity contribution in [3.63, 3.8) is 0 Å². The SMILES string of the molecule is CCCOc1c(I)cc(/C=C(\C#N)C(=O)Nc2ccc(OCc3ccc(C)cc3)cc2)cc1OC. The zero-order valence-corrected chi connectivity index (χ0v) is 22.1. The van der Waals surface area contributed by atoms with Gasteiger partial charge in [0.05, 0.1) is 17.3 Å². The molecule has 3 aromatic rings. The van der Waals surface area contributed by atoms with Gasteiger partial charge in [-0.1, -0.05) is 36.8 Å². The minimum Gasteiger partial charge on any atom is -0.493 e. The monoisotopic (exact) mass is 582 g/mol. The largest absolute Gasteiger partial charge is 0.493 e. The van der Waals surface area contributed by atoms with Gasteiger partial charge in [0.15, 0.2) is 11.5 Å². The Balaban J connectivity index is 1.67. The number of halogens is 1. The molecule has 0 fully saturated rings. The van der Waals surface area contributed by atoms with Gasteiger partial charge in [-0.05, 0) is 89.5 Å². The second-order valence-electron chi connectivity index (χ2n) is 7.81. The molecule has 0 heterocycles. The highest BCUT2D eigenvalue weighted by Gasteiger charge is 2.14. The molecule has 0 unspecified atom stereocenters. The quantitative estimate of drug-likeness (QED) is 0.167. The van der Waals surface area contributed by atoms with Crippen molar-refractivity contribution in [1.82, 2.24) is 0 Å². The fraction of sp³-hybridized carbons (Fsp3) is 0.214. The van der Waals surface area contributed by atoms with E-state index in [1.807, 2.05) is 50.2 Å². The summed E-state index contributed by atoms with van der Waals surface area (Å²) in [7, 11) is 1.56. The van der Waals surface area contributed by atoms with E-state index in [0.717, 1.165) is 15.6 Å². The Hall–Kier alpha value is -3.51. The number of aryl methyl sites for hydroxylation is 1. The number of nitrogens with zero attached hydrogens (tertiary/aromatic N) is 1. The molecule has 0 aromatic heterocycles. The van der Waals surface area contributed by atoms with E-state index in [9.17, 15) is 10.1 Å². The Morgan fingerprint density at radius 3 is 2.43 bits per heavy atom. The normalized spacial score (nSPS) is 10.9. The summed E-state index contributed by atoms with van der Waals surface area (Å²) < 4.78 is 17.9. The Bertz CT molecular complexity index is 1230. The fourth-order valence-electron chi connectivity index (χ4n) is 3.17. The molecular formula is C28H27IN2O4. The summed E-state index contributed by atoms with van der Waals surface area (Å²) in [5.41, 5.74) is 3.49. The van der Waals surface area contributed by atoms with Gasteiger partial charge in [0.2, 0.25) is 0 Å². The maximum atomic E-state index is 12.7. The third-order valence-electron chi connectivity index (χ3n) is 5.02. The van der Waals surface area contributed by atoms with Crippen molar-refractivity contribution < 1.29 is 19.0 Å². The van der Waals surface area contributed by atoms with Crippen molar-refractivity contribution in [3.05, 3.63) is 86.5 Å². The third kappa shape index (κ3) is 7.49. The van der Waals surface area contributed by atoms with Crippen molar-refractivity contribution in [2.45, 2.75) is 26.9 Å². The number of methoxy groups -OCH3 is 1. The molecule has 0 aliphatic rings. The summed E-state index contributed by atoms with van der Waals surface area (Å²) in [5.74, 6) is 1.39. The first-order valence-corrected chi connectivity index (χ1v) is 12.2. The highest BCUT2D eigenvalue weighted by Crippen LogP contribution is 2.34. The summed E-state index contributed by atoms with van der Waals surface area (Å²) >= 11 is 2.15. The van der Waals surface area contributed by atoms with E-state index in [0.29, 0.717) is 41.7 Å². The molecule has 6 nitrogen and oxygen atoms in total. The maximum absolute atomic E-state index is 12.7. The number of ether oxygens (including phenoxy) is 3. The molecular weight excluding hydrogens is 555 g/mol. The molecule has 0 radical (unpaired) electrons. The average Bonchev–Trinajstić information content (AvgIpc) is 2.86. The van der Waals surface area contributed by atoms with Crippen LogP contribution in [0.3, 0.4) is 0 Å². The summed E-state index contributed by atoms with van der Waals surface area (Å²) in [4.78, 5) is 12.7. The van der Waals surface area contributed by atoms with Gasteiger partial charge >= 0.3 is 0 Å². The van der Waals surface area contributed by atoms with Crippen molar-refractivity contribution in [2.75, 3.05) is 19.0 Å². The van der Waals surface area contributed by atoms with Crippen molar-refractivity contribution in [1.29, 1.82) is 5.26 Å². The molecule has 0 bridgehead atoms. The summed E-state index contributed by atoms with van der Waals surface area (Å²) in [6.07, 6.45) is 2.40. The molecule has 0 aliphatic carbocycles. The van der Waals surface area contributed by atoms with Crippen LogP contribution in [0.5, 0.6) is 17.2 Å². The number of carbonyl (C=O) groups excluding carboxylic acids is 1. The molecule has 7 heteroatoms. The molecule has 0 atom stereocenters. The summed E-state index contributed by atoms with van der Waals surface area (Å²) in [6, 6.07) is 20.8. The molecule has 0 saturated carbocycles. The standard InChI is InChI=1S/C28H27IN2O4/c1-4-13-34-27-25(29)15-21(16-26(27)33-3)14-22(17-30)28(32)31-23-9-11-24(12-10-23)35-18-20-7-5-19(2)6-8-20/h5-12,14-16H,4,13,18H2,1-3H3,(H,31,32)/b22-14+. The van der Waals surface area contributed by atoms with Gasteiger partial charge in [-0.25, -0.2) is 0 Å². The van der Waals surface area contributed by atoms with E-state index in [4.69, 9.17) is 14.2 Å². The van der Waals surface area contributed by atoms with Crippen molar-refractivity contribution in [3.8, 4) is 23.3 Å². The van der Waals surface area contributed by atoms with E-state index in [1.165, 1.54) is 11.6 Å². The molecule has 0 saturated heterocycles. The predicted molar refractivity (Wildman–Crippen MR) is 146 cm³/mol. The predicted octanol–water partition coefficient (Wildman–Crippen LogP) is 6.52. The van der Waals surface area contributed by atoms with Gasteiger partial charge in [0, 0.05) is 5.69 Å². The number of nitriles is 1. The molecule has 180 valence electrons. The van der Waals surface area contributed by atoms with E-state index >= 15 is 0 Å². The minimum atomic E-state index is -0.499. The molecule has 3 aromatic carbocycles. The lowest BCUT2D eigenvalue weighted by molar-refractivity contribution is -0.112. The van der Waals surface area contributed by atoms with Crippen LogP contribution in [0.1, 0.15) is 30.0 Å². The van der Waals surface area contributed by atoms with Gasteiger partial charge in [0.1, 0.15) is 24.0 Å². The number of hydrogen-bond donors (Lipinski definition) is 1. The number of amides is 1. The van der Waals surface area contributed by atoms with Crippen LogP contribution in [0.4, 0.5) is 5.69 Å². The second kappa shape index (κ2) is 12.8. The first kappa shape index (κ1) is 26.1. The van der Waals surface area contributed by atoms with Crippen LogP contribution in [0.2, 0.25) is 0 Å². The molecule has 0 spiro atoms. The molecule has 3 rings (SSSR count). The Morgan fingerprint density at radius 1 is 1.09 bits per heavy atom.